The minimum Gasteiger partial charge on any atom is -0.478 e. The van der Waals surface area contributed by atoms with E-state index in [2.05, 4.69) is 114 Å². The number of benzene rings is 4. The Labute approximate surface area is 574 Å². The molecule has 6 aliphatic rings. The highest BCUT2D eigenvalue weighted by Gasteiger charge is 2.46. The highest BCUT2D eigenvalue weighted by atomic mass is 16.4. The molecule has 0 unspecified atom stereocenters. The van der Waals surface area contributed by atoms with Crippen LogP contribution in [0.15, 0.2) is 64.0 Å². The molecule has 99 heavy (non-hydrogen) atoms. The van der Waals surface area contributed by atoms with Crippen molar-refractivity contribution in [2.75, 3.05) is 73.6 Å². The van der Waals surface area contributed by atoms with Crippen LogP contribution in [-0.4, -0.2) is 105 Å². The maximum Gasteiger partial charge on any atom is 0.336 e. The number of fused-ring (bicyclic) bond motifs is 6. The topological polar surface area (TPSA) is 305 Å². The standard InChI is InChI=1S/C78H91N7O14/c1-73(2)16-25-83-28-19-76(7,8)61-64(83)49(73)37-46-40(34-55(89)97-67(46)61)31-52(86)80-22-13-43-58(70(79)92)44(14-23-81-53(87)32-41-35-56(90)98-68-47(41)38-50-65-62(68)77(9,10)20-29-84(65)26-17-74(50,3)4)60(72(95)96)45(59(43)71(93)94)15-24-82-54(88)33-42-36-57(91)99-69-48(42)39-51-66-63(69)78(11,12)21-30-85(66)27-18-75(51,5)6/h34-39H,13-33H2,1-12H3,(H2,79,92)(H,80,86)(H,81,87)(H,82,88)(H,93,94)(H,95,96). The van der Waals surface area contributed by atoms with Crippen molar-refractivity contribution < 1.29 is 52.2 Å². The van der Waals surface area contributed by atoms with E-state index >= 15 is 0 Å². The Bertz CT molecular complexity index is 4360. The molecule has 0 saturated heterocycles. The van der Waals surface area contributed by atoms with Crippen LogP contribution in [0.2, 0.25) is 0 Å². The number of nitrogens with two attached hydrogens (primary N) is 1. The normalized spacial score (nSPS) is 18.5. The van der Waals surface area contributed by atoms with Gasteiger partial charge in [-0.15, -0.1) is 0 Å². The van der Waals surface area contributed by atoms with Crippen LogP contribution in [0.25, 0.3) is 32.9 Å². The van der Waals surface area contributed by atoms with Gasteiger partial charge < -0.3 is 59.8 Å². The van der Waals surface area contributed by atoms with Crippen LogP contribution < -0.4 is 53.3 Å². The molecule has 13 rings (SSSR count). The van der Waals surface area contributed by atoms with Gasteiger partial charge in [0.1, 0.15) is 16.7 Å². The fourth-order valence-corrected chi connectivity index (χ4v) is 17.3. The van der Waals surface area contributed by atoms with Crippen LogP contribution in [0.1, 0.15) is 219 Å². The quantitative estimate of drug-likeness (QED) is 0.0435. The molecule has 0 bridgehead atoms. The second-order valence-electron chi connectivity index (χ2n) is 32.5. The average Bonchev–Trinajstić information content (AvgIpc) is 0.728. The molecular weight excluding hydrogens is 1260 g/mol. The fraction of sp³-hybridized carbons (Fsp3) is 0.500. The van der Waals surface area contributed by atoms with Gasteiger partial charge in [0, 0.05) is 133 Å². The minimum atomic E-state index is -1.62. The lowest BCUT2D eigenvalue weighted by Gasteiger charge is -2.48. The zero-order chi connectivity index (χ0) is 71.1. The monoisotopic (exact) mass is 1350 g/mol. The average molecular weight is 1350 g/mol. The van der Waals surface area contributed by atoms with Gasteiger partial charge in [0.05, 0.1) is 30.4 Å². The molecule has 0 saturated carbocycles. The van der Waals surface area contributed by atoms with Crippen molar-refractivity contribution in [3.8, 4) is 0 Å². The first-order valence-corrected chi connectivity index (χ1v) is 34.9. The molecule has 21 nitrogen and oxygen atoms in total. The molecule has 0 atom stereocenters. The summed E-state index contributed by atoms with van der Waals surface area (Å²) in [6.45, 7) is 30.0. The van der Waals surface area contributed by atoms with Crippen LogP contribution in [0, 0.1) is 0 Å². The van der Waals surface area contributed by atoms with Crippen LogP contribution in [0.3, 0.4) is 0 Å². The van der Waals surface area contributed by atoms with Gasteiger partial charge in [0.15, 0.2) is 0 Å². The number of primary amides is 1. The van der Waals surface area contributed by atoms with Crippen LogP contribution in [0.5, 0.6) is 0 Å². The van der Waals surface area contributed by atoms with Gasteiger partial charge in [0.2, 0.25) is 23.6 Å². The molecule has 0 radical (unpaired) electrons. The number of hydrogen-bond acceptors (Lipinski definition) is 15. The Kier molecular flexibility index (Phi) is 16.7. The lowest BCUT2D eigenvalue weighted by molar-refractivity contribution is -0.121. The predicted molar refractivity (Wildman–Crippen MR) is 380 cm³/mol. The third kappa shape index (κ3) is 11.9. The number of anilines is 3. The van der Waals surface area contributed by atoms with Crippen molar-refractivity contribution in [3.05, 3.63) is 151 Å². The second kappa shape index (κ2) is 24.3. The summed E-state index contributed by atoms with van der Waals surface area (Å²) in [5.41, 5.74) is 12.0. The van der Waals surface area contributed by atoms with Crippen molar-refractivity contribution in [1.29, 1.82) is 0 Å². The molecule has 0 fully saturated rings. The number of carboxylic acids is 2. The van der Waals surface area contributed by atoms with E-state index in [0.717, 1.165) is 128 Å². The summed E-state index contributed by atoms with van der Waals surface area (Å²) in [6, 6.07) is 10.0. The van der Waals surface area contributed by atoms with Crippen LogP contribution >= 0.6 is 0 Å². The second-order valence-corrected chi connectivity index (χ2v) is 32.5. The lowest BCUT2D eigenvalue weighted by atomic mass is 9.69. The van der Waals surface area contributed by atoms with E-state index in [1.54, 1.807) is 0 Å². The molecule has 4 aromatic carbocycles. The van der Waals surface area contributed by atoms with Crippen LogP contribution in [-0.2, 0) is 85.4 Å². The predicted octanol–water partition coefficient (Wildman–Crippen LogP) is 9.71. The van der Waals surface area contributed by atoms with Crippen molar-refractivity contribution in [3.63, 3.8) is 0 Å². The molecule has 9 heterocycles. The van der Waals surface area contributed by atoms with E-state index in [4.69, 9.17) is 19.0 Å². The SMILES string of the molecule is CC1(C)CCN2CCC(C)(C)c3c2c1cc1c(CC(=O)NCCc2c(C(N)=O)c(CCNC(=O)Cc4cc(=O)oc5c6c7c(cc45)C(C)(C)CCN7CCC6(C)C)c(C(=O)O)c(CCNC(=O)Cc4cc(=O)oc5c6c7c(cc45)C(C)(C)CCN7CCC6(C)C)c2C(=O)O)cc(=O)oc31. The molecule has 21 heteroatoms. The first-order valence-electron chi connectivity index (χ1n) is 34.9. The highest BCUT2D eigenvalue weighted by molar-refractivity contribution is 6.07. The van der Waals surface area contributed by atoms with Gasteiger partial charge in [-0.25, -0.2) is 24.0 Å². The van der Waals surface area contributed by atoms with Gasteiger partial charge in [-0.2, -0.15) is 0 Å². The smallest absolute Gasteiger partial charge is 0.336 e. The summed E-state index contributed by atoms with van der Waals surface area (Å²) >= 11 is 0. The zero-order valence-electron chi connectivity index (χ0n) is 59.0. The molecule has 7 aromatic rings. The maximum atomic E-state index is 14.4. The van der Waals surface area contributed by atoms with Gasteiger partial charge in [-0.1, -0.05) is 83.1 Å². The molecule has 6 aliphatic heterocycles. The van der Waals surface area contributed by atoms with Crippen molar-refractivity contribution >= 4 is 85.5 Å². The van der Waals surface area contributed by atoms with Gasteiger partial charge in [-0.05, 0) is 159 Å². The Morgan fingerprint density at radius 2 is 0.657 bits per heavy atom. The molecular formula is C78H91N7O14. The number of amides is 4. The first kappa shape index (κ1) is 68.3. The number of nitrogens with one attached hydrogen (secondary N) is 3. The summed E-state index contributed by atoms with van der Waals surface area (Å²) in [6.07, 6.45) is 3.14. The molecule has 3 aromatic heterocycles. The van der Waals surface area contributed by atoms with Gasteiger partial charge >= 0.3 is 28.8 Å². The van der Waals surface area contributed by atoms with E-state index < -0.39 is 75.6 Å². The van der Waals surface area contributed by atoms with E-state index in [-0.39, 0.29) is 101 Å². The minimum absolute atomic E-state index is 0.188. The van der Waals surface area contributed by atoms with Crippen molar-refractivity contribution in [1.82, 2.24) is 16.0 Å². The molecule has 0 spiro atoms. The number of aromatic carboxylic acids is 2. The van der Waals surface area contributed by atoms with Crippen molar-refractivity contribution in [2.45, 2.75) is 193 Å². The summed E-state index contributed by atoms with van der Waals surface area (Å²) in [7, 11) is 0. The summed E-state index contributed by atoms with van der Waals surface area (Å²) in [4.78, 5) is 133. The number of rotatable bonds is 18. The zero-order valence-corrected chi connectivity index (χ0v) is 59.0. The van der Waals surface area contributed by atoms with Crippen LogP contribution in [0.4, 0.5) is 17.1 Å². The lowest BCUT2D eigenvalue weighted by Crippen LogP contribution is -2.44. The number of nitrogens with zero attached hydrogens (tertiary/aromatic N) is 3. The number of hydrogen-bond donors (Lipinski definition) is 6. The van der Waals surface area contributed by atoms with E-state index in [9.17, 15) is 53.4 Å². The third-order valence-electron chi connectivity index (χ3n) is 23.1. The maximum absolute atomic E-state index is 14.4. The van der Waals surface area contributed by atoms with E-state index in [1.807, 2.05) is 18.2 Å². The fourth-order valence-electron chi connectivity index (χ4n) is 17.3. The van der Waals surface area contributed by atoms with E-state index in [1.165, 1.54) is 18.2 Å². The Balaban J connectivity index is 0.829. The summed E-state index contributed by atoms with van der Waals surface area (Å²) in [5, 5.41) is 33.1. The van der Waals surface area contributed by atoms with E-state index in [0.29, 0.717) is 49.6 Å². The summed E-state index contributed by atoms with van der Waals surface area (Å²) in [5.74, 6) is -6.05. The molecule has 4 amide bonds. The highest BCUT2D eigenvalue weighted by Crippen LogP contribution is 2.55. The Morgan fingerprint density at radius 1 is 0.404 bits per heavy atom. The van der Waals surface area contributed by atoms with Gasteiger partial charge in [-0.3, -0.25) is 19.2 Å². The number of carbonyl (C=O) groups excluding carboxylic acids is 4. The largest absolute Gasteiger partial charge is 0.478 e. The molecule has 0 aliphatic carbocycles. The molecule has 7 N–H and O–H groups in total. The van der Waals surface area contributed by atoms with Gasteiger partial charge in [0.25, 0.3) is 0 Å². The number of carboxylic acid groups (broad SMARTS) is 2. The summed E-state index contributed by atoms with van der Waals surface area (Å²) < 4.78 is 18.1. The molecule has 522 valence electrons. The first-order chi connectivity index (χ1) is 46.5. The Morgan fingerprint density at radius 3 is 0.909 bits per heavy atom. The Hall–Kier alpha value is -9.27. The van der Waals surface area contributed by atoms with Crippen molar-refractivity contribution in [2.24, 2.45) is 5.73 Å². The number of carbonyl (C=O) groups is 6. The third-order valence-corrected chi connectivity index (χ3v) is 23.1.